The van der Waals surface area contributed by atoms with Gasteiger partial charge in [-0.05, 0) is 13.0 Å². The minimum Gasteiger partial charge on any atom is -0.465 e. The van der Waals surface area contributed by atoms with E-state index in [2.05, 4.69) is 19.9 Å². The first-order valence-corrected chi connectivity index (χ1v) is 8.86. The molecule has 2 aromatic heterocycles. The molecule has 0 aromatic carbocycles. The number of allylic oxidation sites excluding steroid dienone is 2. The number of carbonyl (C=O) groups is 1. The summed E-state index contributed by atoms with van der Waals surface area (Å²) in [5.74, 6) is -3.86. The molecule has 0 aliphatic carbocycles. The number of pyridine rings is 1. The number of esters is 1. The van der Waals surface area contributed by atoms with Crippen molar-refractivity contribution in [3.05, 3.63) is 58.2 Å². The first kappa shape index (κ1) is 23.5. The highest BCUT2D eigenvalue weighted by Gasteiger charge is 2.35. The summed E-state index contributed by atoms with van der Waals surface area (Å²) in [5.41, 5.74) is 2.74. The Morgan fingerprint density at radius 3 is 2.43 bits per heavy atom. The van der Waals surface area contributed by atoms with Crippen LogP contribution in [0.4, 0.5) is 23.2 Å². The largest absolute Gasteiger partial charge is 0.465 e. The van der Waals surface area contributed by atoms with Crippen molar-refractivity contribution in [3.63, 3.8) is 0 Å². The number of alkyl halides is 3. The van der Waals surface area contributed by atoms with E-state index >= 15 is 0 Å². The molecule has 2 heterocycles. The Balaban J connectivity index is 2.71. The number of halogens is 6. The predicted molar refractivity (Wildman–Crippen MR) is 101 cm³/mol. The number of rotatable bonds is 6. The highest BCUT2D eigenvalue weighted by molar-refractivity contribution is 6.30. The van der Waals surface area contributed by atoms with Gasteiger partial charge in [0.15, 0.2) is 16.9 Å². The average Bonchev–Trinajstić information content (AvgIpc) is 2.66. The maximum absolute atomic E-state index is 13.7. The number of nitrogens with two attached hydrogens (primary N) is 1. The Labute approximate surface area is 177 Å². The molecule has 7 nitrogen and oxygen atoms in total. The van der Waals surface area contributed by atoms with E-state index in [-0.39, 0.29) is 23.1 Å². The molecule has 2 rings (SSSR count). The number of nitrogens with zero attached hydrogens (tertiary/aromatic N) is 4. The van der Waals surface area contributed by atoms with Gasteiger partial charge in [0, 0.05) is 18.5 Å². The molecule has 0 radical (unpaired) electrons. The highest BCUT2D eigenvalue weighted by atomic mass is 35.5. The van der Waals surface area contributed by atoms with Crippen LogP contribution < -0.4 is 5.73 Å². The summed E-state index contributed by atoms with van der Waals surface area (Å²) >= 11 is 11.2. The zero-order valence-corrected chi connectivity index (χ0v) is 16.6. The van der Waals surface area contributed by atoms with Gasteiger partial charge in [0.2, 0.25) is 0 Å². The summed E-state index contributed by atoms with van der Waals surface area (Å²) in [5, 5.41) is -0.349. The van der Waals surface area contributed by atoms with Crippen molar-refractivity contribution in [2.24, 2.45) is 10.7 Å². The van der Waals surface area contributed by atoms with Crippen LogP contribution in [0.25, 0.3) is 0 Å². The molecule has 0 spiro atoms. The molecule has 0 fully saturated rings. The minimum absolute atomic E-state index is 0.0915. The van der Waals surface area contributed by atoms with Crippen LogP contribution in [-0.2, 0) is 9.53 Å². The molecule has 0 aliphatic rings. The van der Waals surface area contributed by atoms with Crippen LogP contribution >= 0.6 is 23.2 Å². The molecule has 1 atom stereocenters. The normalized spacial score (nSPS) is 13.8. The van der Waals surface area contributed by atoms with Crippen molar-refractivity contribution in [2.45, 2.75) is 19.0 Å². The Hall–Kier alpha value is -2.79. The zero-order chi connectivity index (χ0) is 22.5. The van der Waals surface area contributed by atoms with E-state index in [9.17, 15) is 22.4 Å². The van der Waals surface area contributed by atoms with E-state index in [1.165, 1.54) is 6.92 Å². The van der Waals surface area contributed by atoms with Gasteiger partial charge >= 0.3 is 12.1 Å². The molecule has 13 heteroatoms. The Morgan fingerprint density at radius 1 is 1.27 bits per heavy atom. The molecule has 0 saturated heterocycles. The van der Waals surface area contributed by atoms with Crippen molar-refractivity contribution in [1.29, 1.82) is 0 Å². The third-order valence-corrected chi connectivity index (χ3v) is 3.86. The Kier molecular flexibility index (Phi) is 7.68. The van der Waals surface area contributed by atoms with Gasteiger partial charge in [-0.2, -0.15) is 13.2 Å². The highest BCUT2D eigenvalue weighted by Crippen LogP contribution is 2.27. The molecule has 160 valence electrons. The van der Waals surface area contributed by atoms with Gasteiger partial charge in [0.05, 0.1) is 29.2 Å². The molecular weight excluding hydrogens is 453 g/mol. The average molecular weight is 466 g/mol. The Morgan fingerprint density at radius 2 is 1.90 bits per heavy atom. The van der Waals surface area contributed by atoms with E-state index in [0.717, 1.165) is 24.7 Å². The molecule has 1 unspecified atom stereocenters. The SMILES string of the molecule is CCOC(=O)C(C(/C=C(\N)C(F)(F)F)=Nc1cnc(Cl)c(F)c1)c1ncc(Cl)cn1. The summed E-state index contributed by atoms with van der Waals surface area (Å²) in [6.07, 6.45) is -1.26. The lowest BCUT2D eigenvalue weighted by Gasteiger charge is -2.16. The molecule has 0 bridgehead atoms. The van der Waals surface area contributed by atoms with Crippen LogP contribution in [0.3, 0.4) is 0 Å². The van der Waals surface area contributed by atoms with Gasteiger partial charge in [-0.3, -0.25) is 9.79 Å². The van der Waals surface area contributed by atoms with E-state index in [4.69, 9.17) is 33.7 Å². The second-order valence-electron chi connectivity index (χ2n) is 5.54. The maximum Gasteiger partial charge on any atom is 0.430 e. The van der Waals surface area contributed by atoms with Crippen molar-refractivity contribution >= 4 is 40.6 Å². The quantitative estimate of drug-likeness (QED) is 0.297. The zero-order valence-electron chi connectivity index (χ0n) is 15.1. The minimum atomic E-state index is -4.93. The summed E-state index contributed by atoms with van der Waals surface area (Å²) in [7, 11) is 0. The van der Waals surface area contributed by atoms with Crippen LogP contribution in [0.2, 0.25) is 10.2 Å². The fraction of sp³-hybridized carbons (Fsp3) is 0.235. The standard InChI is InChI=1S/C17H13Cl2F4N5O2/c1-2-30-16(29)13(15-26-5-8(18)6-27-15)11(4-12(24)17(21,22)23)28-9-3-10(20)14(19)25-7-9/h3-7,13H,2,24H2,1H3/b12-4-,28-11?. The molecular formula is C17H13Cl2F4N5O2. The number of carbonyl (C=O) groups excluding carboxylic acids is 1. The van der Waals surface area contributed by atoms with Crippen LogP contribution in [-0.4, -0.2) is 39.4 Å². The van der Waals surface area contributed by atoms with Crippen molar-refractivity contribution in [3.8, 4) is 0 Å². The second kappa shape index (κ2) is 9.81. The monoisotopic (exact) mass is 465 g/mol. The van der Waals surface area contributed by atoms with Crippen molar-refractivity contribution in [1.82, 2.24) is 15.0 Å². The summed E-state index contributed by atoms with van der Waals surface area (Å²) in [6, 6.07) is 0.817. The lowest BCUT2D eigenvalue weighted by atomic mass is 10.0. The fourth-order valence-corrected chi connectivity index (χ4v) is 2.30. The number of hydrogen-bond acceptors (Lipinski definition) is 7. The molecule has 0 aliphatic heterocycles. The predicted octanol–water partition coefficient (Wildman–Crippen LogP) is 4.14. The molecule has 0 amide bonds. The Bertz CT molecular complexity index is 981. The summed E-state index contributed by atoms with van der Waals surface area (Å²) in [4.78, 5) is 27.7. The van der Waals surface area contributed by atoms with Crippen LogP contribution in [0, 0.1) is 5.82 Å². The first-order valence-electron chi connectivity index (χ1n) is 8.11. The molecule has 30 heavy (non-hydrogen) atoms. The van der Waals surface area contributed by atoms with E-state index in [1.807, 2.05) is 0 Å². The van der Waals surface area contributed by atoms with Crippen LogP contribution in [0.1, 0.15) is 18.7 Å². The van der Waals surface area contributed by atoms with Gasteiger partial charge in [-0.1, -0.05) is 23.2 Å². The third kappa shape index (κ3) is 6.10. The second-order valence-corrected chi connectivity index (χ2v) is 6.34. The van der Waals surface area contributed by atoms with E-state index in [0.29, 0.717) is 6.08 Å². The van der Waals surface area contributed by atoms with Gasteiger partial charge in [-0.15, -0.1) is 0 Å². The lowest BCUT2D eigenvalue weighted by molar-refractivity contribution is -0.143. The number of aromatic nitrogens is 3. The van der Waals surface area contributed by atoms with Gasteiger partial charge < -0.3 is 10.5 Å². The summed E-state index contributed by atoms with van der Waals surface area (Å²) < 4.78 is 57.7. The van der Waals surface area contributed by atoms with Crippen molar-refractivity contribution in [2.75, 3.05) is 6.61 Å². The van der Waals surface area contributed by atoms with E-state index < -0.39 is 40.4 Å². The summed E-state index contributed by atoms with van der Waals surface area (Å²) in [6.45, 7) is 1.40. The maximum atomic E-state index is 13.7. The van der Waals surface area contributed by atoms with Gasteiger partial charge in [0.1, 0.15) is 11.5 Å². The van der Waals surface area contributed by atoms with E-state index in [1.54, 1.807) is 0 Å². The smallest absolute Gasteiger partial charge is 0.430 e. The molecule has 2 N–H and O–H groups in total. The lowest BCUT2D eigenvalue weighted by Crippen LogP contribution is -2.28. The van der Waals surface area contributed by atoms with Crippen molar-refractivity contribution < 1.29 is 27.1 Å². The van der Waals surface area contributed by atoms with Gasteiger partial charge in [0.25, 0.3) is 0 Å². The van der Waals surface area contributed by atoms with Crippen LogP contribution in [0.5, 0.6) is 0 Å². The van der Waals surface area contributed by atoms with Crippen LogP contribution in [0.15, 0.2) is 41.4 Å². The number of hydrogen-bond donors (Lipinski definition) is 1. The molecule has 0 saturated carbocycles. The first-order chi connectivity index (χ1) is 14.0. The fourth-order valence-electron chi connectivity index (χ4n) is 2.10. The number of aliphatic imine (C=N–C) groups is 1. The number of ether oxygens (including phenoxy) is 1. The third-order valence-electron chi connectivity index (χ3n) is 3.39. The topological polar surface area (TPSA) is 103 Å². The van der Waals surface area contributed by atoms with Gasteiger partial charge in [-0.25, -0.2) is 19.3 Å². The molecule has 2 aromatic rings.